The summed E-state index contributed by atoms with van der Waals surface area (Å²) in [5.74, 6) is 0.706. The van der Waals surface area contributed by atoms with E-state index < -0.39 is 0 Å². The molecule has 0 aliphatic heterocycles. The van der Waals surface area contributed by atoms with Gasteiger partial charge in [-0.1, -0.05) is 6.07 Å². The molecule has 0 unspecified atom stereocenters. The fraction of sp³-hybridized carbons (Fsp3) is 0.571. The predicted octanol–water partition coefficient (Wildman–Crippen LogP) is 2.65. The molecule has 18 heavy (non-hydrogen) atoms. The van der Waals surface area contributed by atoms with Crippen LogP contribution in [0, 0.1) is 11.3 Å². The minimum atomic E-state index is 0.134. The molecule has 0 spiro atoms. The Morgan fingerprint density at radius 2 is 2.28 bits per heavy atom. The smallest absolute Gasteiger partial charge is 0.218 e. The van der Waals surface area contributed by atoms with Crippen molar-refractivity contribution in [1.29, 1.82) is 5.26 Å². The van der Waals surface area contributed by atoms with Gasteiger partial charge in [0.25, 0.3) is 0 Å². The highest BCUT2D eigenvalue weighted by molar-refractivity contribution is 5.25. The van der Waals surface area contributed by atoms with Gasteiger partial charge in [0.1, 0.15) is 0 Å². The number of hydrogen-bond acceptors (Lipinski definition) is 4. The molecular weight excluding hydrogens is 226 g/mol. The van der Waals surface area contributed by atoms with Crippen molar-refractivity contribution >= 4 is 0 Å². The van der Waals surface area contributed by atoms with Gasteiger partial charge in [0, 0.05) is 24.7 Å². The van der Waals surface area contributed by atoms with Crippen LogP contribution in [-0.4, -0.2) is 17.6 Å². The van der Waals surface area contributed by atoms with E-state index in [1.807, 2.05) is 26.0 Å². The number of ether oxygens (including phenoxy) is 1. The molecule has 4 heteroatoms. The number of nitrogens with one attached hydrogen (secondary N) is 1. The summed E-state index contributed by atoms with van der Waals surface area (Å²) < 4.78 is 5.65. The summed E-state index contributed by atoms with van der Waals surface area (Å²) >= 11 is 0. The Hall–Kier alpha value is -1.60. The zero-order valence-electron chi connectivity index (χ0n) is 11.1. The van der Waals surface area contributed by atoms with Crippen LogP contribution in [0.4, 0.5) is 0 Å². The van der Waals surface area contributed by atoms with Crippen molar-refractivity contribution < 1.29 is 4.74 Å². The minimum absolute atomic E-state index is 0.134. The minimum Gasteiger partial charge on any atom is -0.475 e. The molecule has 0 bridgehead atoms. The molecule has 0 saturated heterocycles. The van der Waals surface area contributed by atoms with Crippen LogP contribution in [0.25, 0.3) is 0 Å². The lowest BCUT2D eigenvalue weighted by Gasteiger charge is -2.13. The van der Waals surface area contributed by atoms with Crippen LogP contribution >= 0.6 is 0 Å². The zero-order valence-corrected chi connectivity index (χ0v) is 11.1. The van der Waals surface area contributed by atoms with Gasteiger partial charge in [-0.05, 0) is 39.3 Å². The Morgan fingerprint density at radius 1 is 1.44 bits per heavy atom. The molecule has 1 aromatic heterocycles. The molecular formula is C14H21N3O. The highest BCUT2D eigenvalue weighted by Crippen LogP contribution is 2.15. The molecule has 4 nitrogen and oxygen atoms in total. The van der Waals surface area contributed by atoms with Gasteiger partial charge in [-0.3, -0.25) is 0 Å². The normalized spacial score (nSPS) is 10.3. The fourth-order valence-electron chi connectivity index (χ4n) is 1.57. The largest absolute Gasteiger partial charge is 0.475 e. The van der Waals surface area contributed by atoms with Crippen LogP contribution in [0.1, 0.15) is 38.7 Å². The Kier molecular flexibility index (Phi) is 6.82. The topological polar surface area (TPSA) is 57.9 Å². The highest BCUT2D eigenvalue weighted by Gasteiger charge is 2.05. The van der Waals surface area contributed by atoms with Crippen molar-refractivity contribution in [3.05, 3.63) is 23.9 Å². The number of rotatable bonds is 8. The van der Waals surface area contributed by atoms with Crippen molar-refractivity contribution in [3.63, 3.8) is 0 Å². The van der Waals surface area contributed by atoms with E-state index in [4.69, 9.17) is 10.00 Å². The molecule has 1 heterocycles. The van der Waals surface area contributed by atoms with E-state index in [1.54, 1.807) is 6.20 Å². The predicted molar refractivity (Wildman–Crippen MR) is 71.2 cm³/mol. The van der Waals surface area contributed by atoms with Crippen molar-refractivity contribution in [1.82, 2.24) is 10.3 Å². The highest BCUT2D eigenvalue weighted by atomic mass is 16.5. The maximum absolute atomic E-state index is 8.43. The molecule has 0 atom stereocenters. The molecule has 0 aromatic carbocycles. The summed E-state index contributed by atoms with van der Waals surface area (Å²) in [6, 6.07) is 6.09. The number of pyridine rings is 1. The van der Waals surface area contributed by atoms with E-state index in [9.17, 15) is 0 Å². The van der Waals surface area contributed by atoms with Gasteiger partial charge in [-0.25, -0.2) is 4.98 Å². The Balaban J connectivity index is 2.35. The molecule has 1 aromatic rings. The summed E-state index contributed by atoms with van der Waals surface area (Å²) in [6.45, 7) is 5.65. The SMILES string of the molecule is CC(C)Oc1ncccc1CNCCCCC#N. The second-order valence-electron chi connectivity index (χ2n) is 4.43. The van der Waals surface area contributed by atoms with Crippen LogP contribution in [0.3, 0.4) is 0 Å². The number of unbranched alkanes of at least 4 members (excludes halogenated alkanes) is 2. The fourth-order valence-corrected chi connectivity index (χ4v) is 1.57. The average molecular weight is 247 g/mol. The Bertz CT molecular complexity index is 385. The van der Waals surface area contributed by atoms with Crippen molar-refractivity contribution in [2.75, 3.05) is 6.54 Å². The standard InChI is InChI=1S/C14H21N3O/c1-12(2)18-14-13(7-6-10-17-14)11-16-9-5-3-4-8-15/h6-7,10,12,16H,3-5,9,11H2,1-2H3. The van der Waals surface area contributed by atoms with Crippen molar-refractivity contribution in [3.8, 4) is 11.9 Å². The summed E-state index contributed by atoms with van der Waals surface area (Å²) in [7, 11) is 0. The first-order valence-electron chi connectivity index (χ1n) is 6.42. The zero-order chi connectivity index (χ0) is 13.2. The number of aromatic nitrogens is 1. The van der Waals surface area contributed by atoms with E-state index in [0.717, 1.165) is 31.5 Å². The number of nitrogens with zero attached hydrogens (tertiary/aromatic N) is 2. The van der Waals surface area contributed by atoms with E-state index in [0.29, 0.717) is 12.3 Å². The average Bonchev–Trinajstić information content (AvgIpc) is 2.35. The summed E-state index contributed by atoms with van der Waals surface area (Å²) in [5.41, 5.74) is 1.08. The molecule has 1 N–H and O–H groups in total. The summed E-state index contributed by atoms with van der Waals surface area (Å²) in [6.07, 6.45) is 4.49. The van der Waals surface area contributed by atoms with E-state index >= 15 is 0 Å². The molecule has 98 valence electrons. The molecule has 0 amide bonds. The van der Waals surface area contributed by atoms with Crippen molar-refractivity contribution in [2.24, 2.45) is 0 Å². The lowest BCUT2D eigenvalue weighted by molar-refractivity contribution is 0.229. The van der Waals surface area contributed by atoms with E-state index in [-0.39, 0.29) is 6.10 Å². The first-order chi connectivity index (χ1) is 8.74. The van der Waals surface area contributed by atoms with Gasteiger partial charge in [-0.2, -0.15) is 5.26 Å². The molecule has 0 aliphatic carbocycles. The third-order valence-electron chi connectivity index (χ3n) is 2.40. The second kappa shape index (κ2) is 8.48. The second-order valence-corrected chi connectivity index (χ2v) is 4.43. The van der Waals surface area contributed by atoms with Crippen LogP contribution in [0.2, 0.25) is 0 Å². The van der Waals surface area contributed by atoms with Gasteiger partial charge in [0.15, 0.2) is 0 Å². The van der Waals surface area contributed by atoms with E-state index in [1.165, 1.54) is 0 Å². The first-order valence-corrected chi connectivity index (χ1v) is 6.42. The third kappa shape index (κ3) is 5.65. The molecule has 0 saturated carbocycles. The molecule has 0 radical (unpaired) electrons. The van der Waals surface area contributed by atoms with Crippen LogP contribution < -0.4 is 10.1 Å². The third-order valence-corrected chi connectivity index (χ3v) is 2.40. The summed E-state index contributed by atoms with van der Waals surface area (Å²) in [4.78, 5) is 4.24. The molecule has 1 rings (SSSR count). The van der Waals surface area contributed by atoms with Gasteiger partial charge >= 0.3 is 0 Å². The lowest BCUT2D eigenvalue weighted by Crippen LogP contribution is -2.17. The van der Waals surface area contributed by atoms with Gasteiger partial charge in [0.2, 0.25) is 5.88 Å². The Labute approximate surface area is 109 Å². The monoisotopic (exact) mass is 247 g/mol. The quantitative estimate of drug-likeness (QED) is 0.717. The maximum Gasteiger partial charge on any atom is 0.218 e. The molecule has 0 aliphatic rings. The molecule has 0 fully saturated rings. The number of hydrogen-bond donors (Lipinski definition) is 1. The summed E-state index contributed by atoms with van der Waals surface area (Å²) in [5, 5.41) is 11.8. The van der Waals surface area contributed by atoms with Crippen molar-refractivity contribution in [2.45, 2.75) is 45.8 Å². The van der Waals surface area contributed by atoms with Gasteiger partial charge in [0.05, 0.1) is 12.2 Å². The van der Waals surface area contributed by atoms with Crippen LogP contribution in [0.5, 0.6) is 5.88 Å². The number of nitriles is 1. The Morgan fingerprint density at radius 3 is 3.00 bits per heavy atom. The van der Waals surface area contributed by atoms with Gasteiger partial charge < -0.3 is 10.1 Å². The van der Waals surface area contributed by atoms with Crippen LogP contribution in [-0.2, 0) is 6.54 Å². The van der Waals surface area contributed by atoms with Gasteiger partial charge in [-0.15, -0.1) is 0 Å². The first kappa shape index (κ1) is 14.5. The van der Waals surface area contributed by atoms with E-state index in [2.05, 4.69) is 16.4 Å². The van der Waals surface area contributed by atoms with Crippen LogP contribution in [0.15, 0.2) is 18.3 Å². The lowest BCUT2D eigenvalue weighted by atomic mass is 10.2. The maximum atomic E-state index is 8.43.